The topological polar surface area (TPSA) is 61.8 Å². The Morgan fingerprint density at radius 1 is 0.889 bits per heavy atom. The number of benzene rings is 1. The molecule has 0 spiro atoms. The predicted octanol–water partition coefficient (Wildman–Crippen LogP) is 1.78. The third-order valence-corrected chi connectivity index (χ3v) is 1.22. The van der Waals surface area contributed by atoms with E-state index in [1.165, 1.54) is 11.1 Å². The van der Waals surface area contributed by atoms with Gasteiger partial charge in [0, 0.05) is 0 Å². The fraction of sp³-hybridized carbons (Fsp3) is 0. The van der Waals surface area contributed by atoms with Crippen molar-refractivity contribution in [2.75, 3.05) is 0 Å². The van der Waals surface area contributed by atoms with E-state index in [4.69, 9.17) is 11.1 Å². The Bertz CT molecular complexity index is 210. The molecule has 2 N–H and O–H groups in total. The second kappa shape index (κ2) is 2.20. The van der Waals surface area contributed by atoms with E-state index >= 15 is 0 Å². The molecule has 3 heteroatoms. The van der Waals surface area contributed by atoms with Gasteiger partial charge in [-0.2, -0.15) is 0 Å². The Kier molecular flexibility index (Phi) is 1.38. The average Bonchev–Trinajstić information content (AvgIpc) is 1.81. The minimum Gasteiger partial charge on any atom is -0.0538 e. The number of rotatable bonds is 0. The first-order valence-electron chi connectivity index (χ1n) is 2.52. The number of nitrogens with one attached hydrogen (secondary N) is 2. The summed E-state index contributed by atoms with van der Waals surface area (Å²) in [5.74, 6) is 0. The molecule has 0 saturated carbocycles. The molecule has 0 amide bonds. The summed E-state index contributed by atoms with van der Waals surface area (Å²) in [6.07, 6.45) is 0. The van der Waals surface area contributed by atoms with Crippen LogP contribution in [0.15, 0.2) is 24.3 Å². The molecule has 0 aromatic heterocycles. The quantitative estimate of drug-likeness (QED) is 0.393. The van der Waals surface area contributed by atoms with E-state index in [1.807, 2.05) is 4.91 Å². The van der Waals surface area contributed by atoms with Gasteiger partial charge in [-0.25, -0.2) is 0 Å². The molecule has 0 heterocycles. The first-order valence-corrected chi connectivity index (χ1v) is 2.52. The van der Waals surface area contributed by atoms with Crippen molar-refractivity contribution in [3.05, 3.63) is 24.3 Å². The molecule has 0 aromatic carbocycles. The highest BCUT2D eigenvalue weighted by atomic mass is 15.0. The summed E-state index contributed by atoms with van der Waals surface area (Å²) in [7, 11) is 0. The van der Waals surface area contributed by atoms with Crippen LogP contribution in [0.25, 0.3) is 11.1 Å². The minimum absolute atomic E-state index is 1.43. The zero-order valence-electron chi connectivity index (χ0n) is 4.76. The van der Waals surface area contributed by atoms with Crippen LogP contribution in [0, 0.1) is 11.1 Å². The summed E-state index contributed by atoms with van der Waals surface area (Å²) < 4.78 is 0. The molecular formula is C6H6N3+. The highest BCUT2D eigenvalue weighted by molar-refractivity contribution is 5.75. The molecule has 0 bridgehead atoms. The molecule has 0 radical (unpaired) electrons. The van der Waals surface area contributed by atoms with E-state index in [9.17, 15) is 0 Å². The summed E-state index contributed by atoms with van der Waals surface area (Å²) >= 11 is 0. The second-order valence-electron chi connectivity index (χ2n) is 1.69. The van der Waals surface area contributed by atoms with Crippen molar-refractivity contribution in [2.24, 2.45) is 0 Å². The molecule has 0 atom stereocenters. The maximum absolute atomic E-state index is 5.50. The van der Waals surface area contributed by atoms with Crippen LogP contribution in [0.4, 0.5) is 0 Å². The molecule has 3 nitrogen and oxygen atoms in total. The van der Waals surface area contributed by atoms with Gasteiger partial charge in [-0.3, -0.25) is 0 Å². The Morgan fingerprint density at radius 2 is 1.11 bits per heavy atom. The highest BCUT2D eigenvalue weighted by Crippen LogP contribution is 2.29. The van der Waals surface area contributed by atoms with Gasteiger partial charge in [-0.15, -0.1) is 0 Å². The summed E-state index contributed by atoms with van der Waals surface area (Å²) in [6.45, 7) is 0. The zero-order valence-corrected chi connectivity index (χ0v) is 4.76. The monoisotopic (exact) mass is 120 g/mol. The van der Waals surface area contributed by atoms with Gasteiger partial charge in [0.2, 0.25) is 4.91 Å². The lowest BCUT2D eigenvalue weighted by Gasteiger charge is -2.10. The van der Waals surface area contributed by atoms with Gasteiger partial charge in [-0.05, 0) is 11.1 Å². The molecule has 2 rings (SSSR count). The Hall–Kier alpha value is -1.47. The Morgan fingerprint density at radius 3 is 1.11 bits per heavy atom. The standard InChI is InChI=1S/C6H4.H2N3/c1-2-6-4-3-5(1)6;1-3-2/h1-4H;1-2H/q;+1. The molecule has 2 aliphatic rings. The van der Waals surface area contributed by atoms with Crippen molar-refractivity contribution in [1.29, 1.82) is 11.1 Å². The molecule has 0 aromatic rings. The predicted molar refractivity (Wildman–Crippen MR) is 33.0 cm³/mol. The Labute approximate surface area is 52.4 Å². The molecule has 9 heavy (non-hydrogen) atoms. The summed E-state index contributed by atoms with van der Waals surface area (Å²) in [5.41, 5.74) is 13.9. The van der Waals surface area contributed by atoms with Crippen LogP contribution in [0.3, 0.4) is 0 Å². The molecule has 0 unspecified atom stereocenters. The molecule has 0 saturated heterocycles. The van der Waals surface area contributed by atoms with Crippen LogP contribution in [-0.4, -0.2) is 0 Å². The van der Waals surface area contributed by atoms with Crippen molar-refractivity contribution < 1.29 is 0 Å². The number of hydrogen-bond donors (Lipinski definition) is 2. The van der Waals surface area contributed by atoms with Crippen LogP contribution in [0.5, 0.6) is 0 Å². The number of hydrogen-bond acceptors (Lipinski definition) is 2. The van der Waals surface area contributed by atoms with Gasteiger partial charge >= 0.3 is 0 Å². The van der Waals surface area contributed by atoms with Gasteiger partial charge < -0.3 is 0 Å². The summed E-state index contributed by atoms with van der Waals surface area (Å²) in [4.78, 5) is 2.00. The second-order valence-corrected chi connectivity index (χ2v) is 1.69. The van der Waals surface area contributed by atoms with Gasteiger partial charge in [0.1, 0.15) is 11.1 Å². The lowest BCUT2D eigenvalue weighted by atomic mass is 9.95. The van der Waals surface area contributed by atoms with Crippen molar-refractivity contribution in [1.82, 2.24) is 4.91 Å². The van der Waals surface area contributed by atoms with E-state index in [2.05, 4.69) is 24.3 Å². The SMILES string of the molecule is N=[N+]=N.c1cc2ccc1-2. The van der Waals surface area contributed by atoms with Crippen LogP contribution in [0.1, 0.15) is 0 Å². The van der Waals surface area contributed by atoms with E-state index < -0.39 is 0 Å². The maximum atomic E-state index is 5.50. The van der Waals surface area contributed by atoms with Gasteiger partial charge in [-0.1, -0.05) is 24.3 Å². The Balaban J connectivity index is 0.000000120. The lowest BCUT2D eigenvalue weighted by molar-refractivity contribution is 0.928. The van der Waals surface area contributed by atoms with E-state index in [0.29, 0.717) is 0 Å². The van der Waals surface area contributed by atoms with E-state index in [0.717, 1.165) is 0 Å². The summed E-state index contributed by atoms with van der Waals surface area (Å²) in [6, 6.07) is 8.48. The van der Waals surface area contributed by atoms with E-state index in [1.54, 1.807) is 0 Å². The van der Waals surface area contributed by atoms with Gasteiger partial charge in [0.15, 0.2) is 0 Å². The molecule has 0 aliphatic heterocycles. The molecule has 44 valence electrons. The average molecular weight is 120 g/mol. The first kappa shape index (κ1) is 5.66. The molecular weight excluding hydrogens is 114 g/mol. The third-order valence-electron chi connectivity index (χ3n) is 1.22. The maximum Gasteiger partial charge on any atom is 0.211 e. The highest BCUT2D eigenvalue weighted by Gasteiger charge is 2.03. The fourth-order valence-electron chi connectivity index (χ4n) is 0.663. The van der Waals surface area contributed by atoms with Crippen molar-refractivity contribution >= 4 is 0 Å². The smallest absolute Gasteiger partial charge is 0.0538 e. The number of nitrogens with zero attached hydrogens (tertiary/aromatic N) is 1. The van der Waals surface area contributed by atoms with Crippen LogP contribution < -0.4 is 4.91 Å². The summed E-state index contributed by atoms with van der Waals surface area (Å²) in [5, 5.41) is 0. The van der Waals surface area contributed by atoms with Crippen LogP contribution >= 0.6 is 0 Å². The lowest BCUT2D eigenvalue weighted by Crippen LogP contribution is -1.85. The fourth-order valence-corrected chi connectivity index (χ4v) is 0.663. The van der Waals surface area contributed by atoms with Crippen molar-refractivity contribution in [3.63, 3.8) is 0 Å². The normalized spacial score (nSPS) is 8.44. The van der Waals surface area contributed by atoms with Crippen LogP contribution in [0.2, 0.25) is 0 Å². The largest absolute Gasteiger partial charge is 0.211 e. The zero-order chi connectivity index (χ0) is 6.69. The molecule has 0 fully saturated rings. The van der Waals surface area contributed by atoms with Crippen molar-refractivity contribution in [3.8, 4) is 11.1 Å². The minimum atomic E-state index is 1.43. The van der Waals surface area contributed by atoms with E-state index in [-0.39, 0.29) is 0 Å². The number of fused-ring (bicyclic) bond motifs is 1. The van der Waals surface area contributed by atoms with Crippen molar-refractivity contribution in [2.45, 2.75) is 0 Å². The first-order chi connectivity index (χ1) is 4.38. The third kappa shape index (κ3) is 0.854. The molecule has 2 aliphatic carbocycles. The van der Waals surface area contributed by atoms with Gasteiger partial charge in [0.05, 0.1) is 0 Å². The van der Waals surface area contributed by atoms with Gasteiger partial charge in [0.25, 0.3) is 0 Å². The van der Waals surface area contributed by atoms with Crippen LogP contribution in [-0.2, 0) is 0 Å².